The van der Waals surface area contributed by atoms with Crippen LogP contribution in [-0.4, -0.2) is 58.2 Å². The van der Waals surface area contributed by atoms with Crippen molar-refractivity contribution in [3.8, 4) is 0 Å². The average Bonchev–Trinajstić information content (AvgIpc) is 2.48. The van der Waals surface area contributed by atoms with Crippen LogP contribution in [0, 0.1) is 12.7 Å². The first-order chi connectivity index (χ1) is 11.6. The van der Waals surface area contributed by atoms with Crippen molar-refractivity contribution in [1.82, 2.24) is 4.90 Å². The fourth-order valence-electron chi connectivity index (χ4n) is 2.81. The Labute approximate surface area is 148 Å². The largest absolute Gasteiger partial charge is 0.596 e. The number of aliphatic hydroxyl groups is 1. The van der Waals surface area contributed by atoms with Gasteiger partial charge in [-0.25, -0.2) is 4.39 Å². The molecule has 0 radical (unpaired) electrons. The Bertz CT molecular complexity index is 680. The van der Waals surface area contributed by atoms with Gasteiger partial charge in [0.25, 0.3) is 0 Å². The van der Waals surface area contributed by atoms with E-state index in [1.165, 1.54) is 6.07 Å². The van der Waals surface area contributed by atoms with Crippen LogP contribution in [0.25, 0.3) is 0 Å². The minimum absolute atomic E-state index is 0.311. The first-order valence-electron chi connectivity index (χ1n) is 8.56. The van der Waals surface area contributed by atoms with Crippen molar-refractivity contribution >= 4 is 11.8 Å². The Morgan fingerprint density at radius 2 is 2.08 bits per heavy atom. The summed E-state index contributed by atoms with van der Waals surface area (Å²) in [5.74, 6) is -0.311. The first kappa shape index (κ1) is 19.5. The van der Waals surface area contributed by atoms with Crippen LogP contribution in [0.3, 0.4) is 0 Å². The number of carbonyl (C=O) groups excluding carboxylic acids is 1. The molecule has 0 spiro atoms. The van der Waals surface area contributed by atoms with E-state index < -0.39 is 11.7 Å². The topological polar surface area (TPSA) is 52.8 Å². The van der Waals surface area contributed by atoms with E-state index in [4.69, 9.17) is 4.74 Å². The molecule has 0 aliphatic carbocycles. The number of hydrogen-bond acceptors (Lipinski definition) is 4. The lowest BCUT2D eigenvalue weighted by Crippen LogP contribution is -2.48. The number of amides is 1. The molecule has 1 aromatic rings. The number of ether oxygens (including phenoxy) is 1. The van der Waals surface area contributed by atoms with Crippen molar-refractivity contribution in [2.45, 2.75) is 46.3 Å². The number of benzene rings is 1. The number of β-amino-alcohol motifs (C(OH)–C–C–N with tert-alkyl or cyclic N) is 1. The van der Waals surface area contributed by atoms with Gasteiger partial charge in [0.2, 0.25) is 0 Å². The molecule has 6 heteroatoms. The second-order valence-electron chi connectivity index (χ2n) is 7.63. The maximum absolute atomic E-state index is 13.7. The van der Waals surface area contributed by atoms with Crippen LogP contribution in [0.2, 0.25) is 0 Å². The third-order valence-electron chi connectivity index (χ3n) is 4.18. The van der Waals surface area contributed by atoms with Gasteiger partial charge in [-0.15, -0.1) is 4.58 Å². The van der Waals surface area contributed by atoms with Gasteiger partial charge in [-0.3, -0.25) is 4.90 Å². The maximum Gasteiger partial charge on any atom is 0.596 e. The van der Waals surface area contributed by atoms with Crippen LogP contribution >= 0.6 is 0 Å². The lowest BCUT2D eigenvalue weighted by atomic mass is 10.1. The summed E-state index contributed by atoms with van der Waals surface area (Å²) in [6, 6.07) is 4.80. The number of aryl methyl sites for hydroxylation is 1. The minimum atomic E-state index is -0.768. The van der Waals surface area contributed by atoms with E-state index in [0.717, 1.165) is 5.71 Å². The third kappa shape index (κ3) is 5.34. The fourth-order valence-corrected chi connectivity index (χ4v) is 2.81. The van der Waals surface area contributed by atoms with Crippen molar-refractivity contribution < 1.29 is 23.6 Å². The molecule has 5 nitrogen and oxygen atoms in total. The van der Waals surface area contributed by atoms with Crippen molar-refractivity contribution in [2.75, 3.05) is 26.2 Å². The molecule has 0 bridgehead atoms. The van der Waals surface area contributed by atoms with Gasteiger partial charge in [0.15, 0.2) is 12.3 Å². The van der Waals surface area contributed by atoms with Gasteiger partial charge >= 0.3 is 6.09 Å². The van der Waals surface area contributed by atoms with Gasteiger partial charge in [0.1, 0.15) is 11.4 Å². The van der Waals surface area contributed by atoms with Crippen LogP contribution in [0.4, 0.5) is 9.18 Å². The number of hydrogen-bond donors (Lipinski definition) is 1. The zero-order valence-electron chi connectivity index (χ0n) is 15.7. The number of halogens is 1. The molecule has 0 saturated carbocycles. The number of carbonyl (C=O) groups is 1. The van der Waals surface area contributed by atoms with Crippen LogP contribution in [0.5, 0.6) is 0 Å². The summed E-state index contributed by atoms with van der Waals surface area (Å²) in [6.07, 6.45) is -1.11. The molecule has 1 N–H and O–H groups in total. The molecule has 1 aromatic carbocycles. The summed E-state index contributed by atoms with van der Waals surface area (Å²) in [4.78, 5) is 14.3. The van der Waals surface area contributed by atoms with Gasteiger partial charge in [-0.05, 0) is 44.9 Å². The lowest BCUT2D eigenvalue weighted by molar-refractivity contribution is -0.458. The molecular weight excluding hydrogens is 323 g/mol. The summed E-state index contributed by atoms with van der Waals surface area (Å²) >= 11 is 0. The molecule has 1 aliphatic rings. The summed E-state index contributed by atoms with van der Waals surface area (Å²) < 4.78 is 20.7. The summed E-state index contributed by atoms with van der Waals surface area (Å²) in [5, 5.41) is 10.4. The molecule has 1 heterocycles. The van der Waals surface area contributed by atoms with Crippen LogP contribution in [-0.2, 0) is 4.74 Å². The Kier molecular flexibility index (Phi) is 5.95. The molecule has 138 valence electrons. The molecule has 25 heavy (non-hydrogen) atoms. The molecule has 0 fully saturated rings. The molecule has 0 saturated heterocycles. The second-order valence-corrected chi connectivity index (χ2v) is 7.63. The van der Waals surface area contributed by atoms with Crippen LogP contribution in [0.1, 0.15) is 44.9 Å². The monoisotopic (exact) mass is 351 g/mol. The molecular formula is C19H28FN2O3+. The van der Waals surface area contributed by atoms with Crippen molar-refractivity contribution in [2.24, 2.45) is 0 Å². The summed E-state index contributed by atoms with van der Waals surface area (Å²) in [5.41, 5.74) is 1.48. The third-order valence-corrected chi connectivity index (χ3v) is 4.18. The molecule has 1 amide bonds. The number of rotatable bonds is 3. The van der Waals surface area contributed by atoms with E-state index in [-0.39, 0.29) is 11.9 Å². The highest BCUT2D eigenvalue weighted by atomic mass is 19.1. The first-order valence-corrected chi connectivity index (χ1v) is 8.56. The standard InChI is InChI=1S/C19H28FN2O3/c1-13-6-7-15(10-16(13)20)17(23)12-21-8-9-22(14(2)11-21)18(24)25-19(3,4)5/h6-7,10,17,23H,8-9,11-12H2,1-5H3/q+1/t17-/m1/s1. The van der Waals surface area contributed by atoms with E-state index in [9.17, 15) is 14.3 Å². The Morgan fingerprint density at radius 1 is 1.40 bits per heavy atom. The number of nitrogens with zero attached hydrogens (tertiary/aromatic N) is 2. The van der Waals surface area contributed by atoms with Gasteiger partial charge in [-0.1, -0.05) is 12.1 Å². The van der Waals surface area contributed by atoms with E-state index >= 15 is 0 Å². The highest BCUT2D eigenvalue weighted by Gasteiger charge is 2.33. The zero-order chi connectivity index (χ0) is 18.8. The molecule has 1 aliphatic heterocycles. The molecule has 2 rings (SSSR count). The maximum atomic E-state index is 13.7. The zero-order valence-corrected chi connectivity index (χ0v) is 15.7. The summed E-state index contributed by atoms with van der Waals surface area (Å²) in [6.45, 7) is 11.2. The lowest BCUT2D eigenvalue weighted by Gasteiger charge is -2.27. The van der Waals surface area contributed by atoms with E-state index in [1.807, 2.05) is 27.7 Å². The second kappa shape index (κ2) is 7.62. The normalized spacial score (nSPS) is 17.6. The molecule has 0 unspecified atom stereocenters. The van der Waals surface area contributed by atoms with E-state index in [0.29, 0.717) is 37.3 Å². The van der Waals surface area contributed by atoms with Gasteiger partial charge in [0, 0.05) is 13.5 Å². The predicted octanol–water partition coefficient (Wildman–Crippen LogP) is 2.89. The average molecular weight is 351 g/mol. The highest BCUT2D eigenvalue weighted by molar-refractivity contribution is 5.83. The fraction of sp³-hybridized carbons (Fsp3) is 0.579. The van der Waals surface area contributed by atoms with Crippen molar-refractivity contribution in [1.29, 1.82) is 0 Å². The number of aliphatic hydroxyl groups excluding tert-OH is 1. The Morgan fingerprint density at radius 3 is 2.64 bits per heavy atom. The Balaban J connectivity index is 2.00. The minimum Gasteiger partial charge on any atom is -0.406 e. The molecule has 0 aromatic heterocycles. The van der Waals surface area contributed by atoms with Crippen molar-refractivity contribution in [3.05, 3.63) is 35.1 Å². The Hall–Kier alpha value is -1.79. The van der Waals surface area contributed by atoms with Crippen LogP contribution < -0.4 is 0 Å². The van der Waals surface area contributed by atoms with Crippen molar-refractivity contribution in [3.63, 3.8) is 0 Å². The highest BCUT2D eigenvalue weighted by Crippen LogP contribution is 2.18. The van der Waals surface area contributed by atoms with Gasteiger partial charge < -0.3 is 9.84 Å². The molecule has 1 atom stereocenters. The van der Waals surface area contributed by atoms with Gasteiger partial charge in [0.05, 0.1) is 19.2 Å². The quantitative estimate of drug-likeness (QED) is 0.851. The van der Waals surface area contributed by atoms with E-state index in [1.54, 1.807) is 23.6 Å². The van der Waals surface area contributed by atoms with Gasteiger partial charge in [-0.2, -0.15) is 4.79 Å². The van der Waals surface area contributed by atoms with Crippen LogP contribution in [0.15, 0.2) is 18.2 Å². The predicted molar refractivity (Wildman–Crippen MR) is 94.6 cm³/mol. The smallest absolute Gasteiger partial charge is 0.406 e. The summed E-state index contributed by atoms with van der Waals surface area (Å²) in [7, 11) is 0. The van der Waals surface area contributed by atoms with E-state index in [2.05, 4.69) is 4.90 Å². The SMILES string of the molecule is CC1=[N+](C(=O)OC(C)(C)C)CCN(C[C@@H](O)c2ccc(C)c(F)c2)C1.